The molecule has 0 bridgehead atoms. The Bertz CT molecular complexity index is 194. The summed E-state index contributed by atoms with van der Waals surface area (Å²) in [4.78, 5) is 12.2. The number of piperidine rings is 1. The zero-order valence-electron chi connectivity index (χ0n) is 7.92. The minimum Gasteiger partial charge on any atom is -0.481 e. The third-order valence-corrected chi connectivity index (χ3v) is 2.37. The van der Waals surface area contributed by atoms with Gasteiger partial charge >= 0.3 is 5.97 Å². The summed E-state index contributed by atoms with van der Waals surface area (Å²) in [5, 5.41) is 8.45. The molecule has 0 aromatic heterocycles. The van der Waals surface area contributed by atoms with Crippen LogP contribution in [0.5, 0.6) is 0 Å². The molecule has 0 aromatic carbocycles. The third-order valence-electron chi connectivity index (χ3n) is 2.37. The maximum atomic E-state index is 13.5. The lowest BCUT2D eigenvalue weighted by molar-refractivity contribution is -0.137. The summed E-state index contributed by atoms with van der Waals surface area (Å²) in [5.41, 5.74) is -1.13. The third kappa shape index (κ3) is 3.72. The number of rotatable bonds is 3. The molecular formula is C9H16FNO2. The zero-order chi connectivity index (χ0) is 9.90. The van der Waals surface area contributed by atoms with E-state index in [0.717, 1.165) is 13.0 Å². The van der Waals surface area contributed by atoms with Crippen LogP contribution in [0.4, 0.5) is 4.39 Å². The first-order valence-electron chi connectivity index (χ1n) is 4.63. The Morgan fingerprint density at radius 1 is 1.69 bits per heavy atom. The first kappa shape index (κ1) is 10.4. The van der Waals surface area contributed by atoms with Gasteiger partial charge in [-0.25, -0.2) is 4.39 Å². The van der Waals surface area contributed by atoms with E-state index in [0.29, 0.717) is 19.5 Å². The Kier molecular flexibility index (Phi) is 3.25. The van der Waals surface area contributed by atoms with Crippen LogP contribution in [0.3, 0.4) is 0 Å². The van der Waals surface area contributed by atoms with Crippen LogP contribution in [0.2, 0.25) is 0 Å². The number of alkyl halides is 1. The second kappa shape index (κ2) is 4.05. The fourth-order valence-electron chi connectivity index (χ4n) is 1.74. The molecule has 0 amide bonds. The summed E-state index contributed by atoms with van der Waals surface area (Å²) in [6, 6.07) is 0. The Labute approximate surface area is 77.5 Å². The number of carbonyl (C=O) groups is 1. The van der Waals surface area contributed by atoms with Gasteiger partial charge in [-0.2, -0.15) is 0 Å². The van der Waals surface area contributed by atoms with Gasteiger partial charge in [0.05, 0.1) is 6.42 Å². The van der Waals surface area contributed by atoms with Crippen molar-refractivity contribution in [2.24, 2.45) is 0 Å². The molecule has 76 valence electrons. The van der Waals surface area contributed by atoms with Crippen molar-refractivity contribution in [3.8, 4) is 0 Å². The first-order chi connectivity index (χ1) is 5.99. The normalized spacial score (nSPS) is 30.3. The van der Waals surface area contributed by atoms with E-state index in [9.17, 15) is 9.18 Å². The minimum atomic E-state index is -1.13. The SMILES string of the molecule is CC1(F)CCCN(CCC(=O)O)C1. The maximum Gasteiger partial charge on any atom is 0.304 e. The highest BCUT2D eigenvalue weighted by molar-refractivity contribution is 5.66. The molecule has 1 aliphatic heterocycles. The van der Waals surface area contributed by atoms with Crippen molar-refractivity contribution in [2.75, 3.05) is 19.6 Å². The van der Waals surface area contributed by atoms with Crippen LogP contribution in [-0.2, 0) is 4.79 Å². The van der Waals surface area contributed by atoms with Gasteiger partial charge in [-0.05, 0) is 26.3 Å². The van der Waals surface area contributed by atoms with Crippen molar-refractivity contribution in [3.63, 3.8) is 0 Å². The van der Waals surface area contributed by atoms with Gasteiger partial charge in [0.25, 0.3) is 0 Å². The van der Waals surface area contributed by atoms with E-state index >= 15 is 0 Å². The van der Waals surface area contributed by atoms with E-state index in [1.54, 1.807) is 6.92 Å². The van der Waals surface area contributed by atoms with E-state index < -0.39 is 11.6 Å². The fourth-order valence-corrected chi connectivity index (χ4v) is 1.74. The van der Waals surface area contributed by atoms with Crippen LogP contribution < -0.4 is 0 Å². The van der Waals surface area contributed by atoms with Crippen LogP contribution in [-0.4, -0.2) is 41.3 Å². The topological polar surface area (TPSA) is 40.5 Å². The molecule has 0 aliphatic carbocycles. The van der Waals surface area contributed by atoms with Gasteiger partial charge in [-0.3, -0.25) is 9.69 Å². The summed E-state index contributed by atoms with van der Waals surface area (Å²) in [6.07, 6.45) is 1.53. The summed E-state index contributed by atoms with van der Waals surface area (Å²) in [6.45, 7) is 3.25. The number of carboxylic acids is 1. The number of hydrogen-bond acceptors (Lipinski definition) is 2. The Balaban J connectivity index is 2.30. The molecule has 0 radical (unpaired) electrons. The largest absolute Gasteiger partial charge is 0.481 e. The first-order valence-corrected chi connectivity index (χ1v) is 4.63. The molecule has 13 heavy (non-hydrogen) atoms. The molecule has 0 saturated carbocycles. The zero-order valence-corrected chi connectivity index (χ0v) is 7.92. The van der Waals surface area contributed by atoms with Gasteiger partial charge in [0.15, 0.2) is 0 Å². The second-order valence-electron chi connectivity index (χ2n) is 3.94. The smallest absolute Gasteiger partial charge is 0.304 e. The predicted octanol–water partition coefficient (Wildman–Crippen LogP) is 1.29. The summed E-state index contributed by atoms with van der Waals surface area (Å²) in [7, 11) is 0. The van der Waals surface area contributed by atoms with Gasteiger partial charge in [0.1, 0.15) is 5.67 Å². The highest BCUT2D eigenvalue weighted by Gasteiger charge is 2.30. The van der Waals surface area contributed by atoms with Crippen LogP contribution in [0.15, 0.2) is 0 Å². The second-order valence-corrected chi connectivity index (χ2v) is 3.94. The minimum absolute atomic E-state index is 0.107. The molecule has 1 N–H and O–H groups in total. The number of nitrogens with zero attached hydrogens (tertiary/aromatic N) is 1. The van der Waals surface area contributed by atoms with Crippen LogP contribution in [0.1, 0.15) is 26.2 Å². The van der Waals surface area contributed by atoms with Gasteiger partial charge in [-0.15, -0.1) is 0 Å². The standard InChI is InChI=1S/C9H16FNO2/c1-9(10)4-2-5-11(7-9)6-3-8(12)13/h2-7H2,1H3,(H,12,13). The molecule has 1 unspecified atom stereocenters. The Morgan fingerprint density at radius 2 is 2.38 bits per heavy atom. The van der Waals surface area contributed by atoms with Crippen molar-refractivity contribution < 1.29 is 14.3 Å². The summed E-state index contributed by atoms with van der Waals surface area (Å²) >= 11 is 0. The number of aliphatic carboxylic acids is 1. The van der Waals surface area contributed by atoms with Gasteiger partial charge < -0.3 is 5.11 Å². The molecule has 0 spiro atoms. The average molecular weight is 189 g/mol. The molecule has 0 aromatic rings. The quantitative estimate of drug-likeness (QED) is 0.727. The Morgan fingerprint density at radius 3 is 2.92 bits per heavy atom. The lowest BCUT2D eigenvalue weighted by Gasteiger charge is -2.34. The van der Waals surface area contributed by atoms with Crippen molar-refractivity contribution in [1.82, 2.24) is 4.90 Å². The van der Waals surface area contributed by atoms with Gasteiger partial charge in [0, 0.05) is 13.1 Å². The number of carboxylic acid groups (broad SMARTS) is 1. The molecule has 1 aliphatic rings. The number of halogens is 1. The van der Waals surface area contributed by atoms with Crippen molar-refractivity contribution in [1.29, 1.82) is 0 Å². The van der Waals surface area contributed by atoms with Crippen molar-refractivity contribution >= 4 is 5.97 Å². The lowest BCUT2D eigenvalue weighted by Crippen LogP contribution is -2.44. The number of hydrogen-bond donors (Lipinski definition) is 1. The molecule has 3 nitrogen and oxygen atoms in total. The highest BCUT2D eigenvalue weighted by Crippen LogP contribution is 2.24. The Hall–Kier alpha value is -0.640. The lowest BCUT2D eigenvalue weighted by atomic mass is 9.97. The van der Waals surface area contributed by atoms with Crippen LogP contribution in [0.25, 0.3) is 0 Å². The van der Waals surface area contributed by atoms with Crippen LogP contribution in [0, 0.1) is 0 Å². The highest BCUT2D eigenvalue weighted by atomic mass is 19.1. The van der Waals surface area contributed by atoms with E-state index in [2.05, 4.69) is 0 Å². The van der Waals surface area contributed by atoms with Gasteiger partial charge in [0.2, 0.25) is 0 Å². The number of likely N-dealkylation sites (tertiary alicyclic amines) is 1. The molecular weight excluding hydrogens is 173 g/mol. The maximum absolute atomic E-state index is 13.5. The summed E-state index contributed by atoms with van der Waals surface area (Å²) in [5.74, 6) is -0.814. The van der Waals surface area contributed by atoms with Crippen LogP contribution >= 0.6 is 0 Å². The van der Waals surface area contributed by atoms with E-state index in [1.165, 1.54) is 0 Å². The average Bonchev–Trinajstić information content (AvgIpc) is 1.99. The predicted molar refractivity (Wildman–Crippen MR) is 47.4 cm³/mol. The monoisotopic (exact) mass is 189 g/mol. The molecule has 1 fully saturated rings. The molecule has 1 rings (SSSR count). The van der Waals surface area contributed by atoms with E-state index in [-0.39, 0.29) is 6.42 Å². The molecule has 4 heteroatoms. The van der Waals surface area contributed by atoms with Crippen molar-refractivity contribution in [3.05, 3.63) is 0 Å². The van der Waals surface area contributed by atoms with Gasteiger partial charge in [-0.1, -0.05) is 0 Å². The fraction of sp³-hybridized carbons (Fsp3) is 0.889. The van der Waals surface area contributed by atoms with Crippen molar-refractivity contribution in [2.45, 2.75) is 31.9 Å². The van der Waals surface area contributed by atoms with E-state index in [4.69, 9.17) is 5.11 Å². The summed E-state index contributed by atoms with van der Waals surface area (Å²) < 4.78 is 13.5. The van der Waals surface area contributed by atoms with E-state index in [1.807, 2.05) is 4.90 Å². The molecule has 1 heterocycles. The molecule has 1 saturated heterocycles. The molecule has 1 atom stereocenters.